The number of halogens is 1. The van der Waals surface area contributed by atoms with E-state index in [-0.39, 0.29) is 13.5 Å². The quantitative estimate of drug-likeness (QED) is 0.0813. The molecule has 0 amide bonds. The van der Waals surface area contributed by atoms with Gasteiger partial charge >= 0.3 is 27.7 Å². The van der Waals surface area contributed by atoms with Crippen molar-refractivity contribution >= 4 is 40.0 Å². The summed E-state index contributed by atoms with van der Waals surface area (Å²) in [7, 11) is 3.67. The first-order chi connectivity index (χ1) is 21.4. The molecule has 2 aliphatic carbocycles. The van der Waals surface area contributed by atoms with E-state index in [4.69, 9.17) is 10.2 Å². The van der Waals surface area contributed by atoms with Crippen molar-refractivity contribution in [3.63, 3.8) is 0 Å². The zero-order chi connectivity index (χ0) is 29.4. The molecule has 3 aromatic carbocycles. The van der Waals surface area contributed by atoms with E-state index in [1.54, 1.807) is 0 Å². The van der Waals surface area contributed by atoms with Crippen molar-refractivity contribution in [2.45, 2.75) is 81.6 Å². The van der Waals surface area contributed by atoms with Gasteiger partial charge in [0, 0.05) is 34.4 Å². The molecule has 1 aromatic heterocycles. The molecule has 0 radical (unpaired) electrons. The van der Waals surface area contributed by atoms with Gasteiger partial charge in [-0.2, -0.15) is 5.10 Å². The van der Waals surface area contributed by atoms with Crippen LogP contribution in [0.5, 0.6) is 0 Å². The summed E-state index contributed by atoms with van der Waals surface area (Å²) in [5, 5.41) is 10.6. The van der Waals surface area contributed by atoms with Crippen LogP contribution in [0, 0.1) is 7.43 Å². The van der Waals surface area contributed by atoms with E-state index < -0.39 is 7.92 Å². The second-order valence-corrected chi connectivity index (χ2v) is 15.0. The van der Waals surface area contributed by atoms with Gasteiger partial charge in [-0.25, -0.2) is 4.68 Å². The van der Waals surface area contributed by atoms with Crippen molar-refractivity contribution in [2.75, 3.05) is 0 Å². The maximum absolute atomic E-state index is 5.41. The van der Waals surface area contributed by atoms with Gasteiger partial charge in [-0.15, -0.1) is 0 Å². The first-order valence-electron chi connectivity index (χ1n) is 15.8. The smallest absolute Gasteiger partial charge is 0.214 e. The van der Waals surface area contributed by atoms with Crippen LogP contribution in [-0.4, -0.2) is 37.2 Å². The van der Waals surface area contributed by atoms with Crippen LogP contribution in [0.15, 0.2) is 108 Å². The molecule has 0 bridgehead atoms. The topological polar surface area (TPSA) is 33.2 Å². The second kappa shape index (κ2) is 16.2. The van der Waals surface area contributed by atoms with Crippen LogP contribution >= 0.6 is 17.5 Å². The van der Waals surface area contributed by atoms with Gasteiger partial charge in [0.05, 0.1) is 25.4 Å². The monoisotopic (exact) mass is 716 g/mol. The van der Waals surface area contributed by atoms with Crippen LogP contribution in [0.25, 0.3) is 0 Å². The Morgan fingerprint density at radius 1 is 0.659 bits per heavy atom. The van der Waals surface area contributed by atoms with E-state index >= 15 is 0 Å². The van der Waals surface area contributed by atoms with Gasteiger partial charge in [0.15, 0.2) is 17.2 Å². The number of benzene rings is 3. The largest absolute Gasteiger partial charge is 0.253 e. The van der Waals surface area contributed by atoms with Gasteiger partial charge in [0.1, 0.15) is 0 Å². The van der Waals surface area contributed by atoms with E-state index in [0.717, 1.165) is 28.3 Å². The molecule has 0 N–H and O–H groups in total. The van der Waals surface area contributed by atoms with Crippen molar-refractivity contribution in [1.82, 2.24) is 9.78 Å². The minimum atomic E-state index is -0.824. The average Bonchev–Trinajstić information content (AvgIpc) is 3.73. The molecule has 1 aliphatic heterocycles. The predicted molar refractivity (Wildman–Crippen MR) is 185 cm³/mol. The SMILES string of the molecule is [CH3-].[Cl][Pd+].c1ccc(C2=N[N+](c3ccccc3)=C(c3ccccc3)C2n2nccc2[PH+](C2CCCCC2)C2CCCCC2)cc1. The Kier molecular flexibility index (Phi) is 12.2. The number of para-hydroxylation sites is 1. The van der Waals surface area contributed by atoms with Crippen LogP contribution in [-0.2, 0) is 18.2 Å². The molecule has 1 atom stereocenters. The molecular weight excluding hydrogens is 673 g/mol. The third-order valence-electron chi connectivity index (χ3n) is 9.39. The fourth-order valence-electron chi connectivity index (χ4n) is 7.50. The summed E-state index contributed by atoms with van der Waals surface area (Å²) in [6.07, 6.45) is 16.0. The number of nitrogens with zero attached hydrogens (tertiary/aromatic N) is 4. The van der Waals surface area contributed by atoms with Crippen molar-refractivity contribution in [3.8, 4) is 0 Å². The van der Waals surface area contributed by atoms with E-state index in [0.29, 0.717) is 0 Å². The van der Waals surface area contributed by atoms with E-state index in [1.807, 2.05) is 0 Å². The van der Waals surface area contributed by atoms with Crippen LogP contribution < -0.4 is 5.44 Å². The number of hydrogen-bond donors (Lipinski definition) is 0. The summed E-state index contributed by atoms with van der Waals surface area (Å²) in [4.78, 5) is 0. The molecule has 3 aliphatic rings. The first kappa shape index (κ1) is 33.0. The summed E-state index contributed by atoms with van der Waals surface area (Å²) < 4.78 is 4.61. The Morgan fingerprint density at radius 2 is 1.16 bits per heavy atom. The Bertz CT molecular complexity index is 1490. The van der Waals surface area contributed by atoms with Crippen LogP contribution in [0.3, 0.4) is 0 Å². The number of rotatable bonds is 7. The minimum Gasteiger partial charge on any atom is -0.214 e. The predicted octanol–water partition coefficient (Wildman–Crippen LogP) is 9.32. The Hall–Kier alpha value is -2.41. The van der Waals surface area contributed by atoms with Gasteiger partial charge in [0.2, 0.25) is 5.69 Å². The summed E-state index contributed by atoms with van der Waals surface area (Å²) in [5.41, 5.74) is 8.91. The van der Waals surface area contributed by atoms with Crippen molar-refractivity contribution in [2.24, 2.45) is 5.10 Å². The Labute approximate surface area is 279 Å². The van der Waals surface area contributed by atoms with Gasteiger partial charge in [0.25, 0.3) is 5.71 Å². The summed E-state index contributed by atoms with van der Waals surface area (Å²) in [6, 6.07) is 34.6. The summed E-state index contributed by atoms with van der Waals surface area (Å²) in [5.74, 6) is 0. The third-order valence-corrected chi connectivity index (χ3v) is 13.3. The third kappa shape index (κ3) is 7.03. The maximum atomic E-state index is 5.41. The van der Waals surface area contributed by atoms with E-state index in [9.17, 15) is 0 Å². The maximum Gasteiger partial charge on any atom is 0.253 e. The van der Waals surface area contributed by atoms with Crippen molar-refractivity contribution in [3.05, 3.63) is 122 Å². The first-order valence-corrected chi connectivity index (χ1v) is 19.5. The van der Waals surface area contributed by atoms with Crippen LogP contribution in [0.2, 0.25) is 0 Å². The molecular formula is C37H44ClN4PPd+2. The molecule has 4 aromatic rings. The number of hydrogen-bond acceptors (Lipinski definition) is 2. The minimum absolute atomic E-state index is 0. The molecule has 2 fully saturated rings. The van der Waals surface area contributed by atoms with Crippen LogP contribution in [0.4, 0.5) is 5.69 Å². The number of hydrazone groups is 1. The van der Waals surface area contributed by atoms with E-state index in [1.165, 1.54) is 80.9 Å². The van der Waals surface area contributed by atoms with Gasteiger partial charge in [-0.3, -0.25) is 0 Å². The molecule has 4 nitrogen and oxygen atoms in total. The zero-order valence-electron chi connectivity index (χ0n) is 25.6. The fraction of sp³-hybridized carbons (Fsp3) is 0.351. The standard InChI is InChI=1S/C36H40N4P.CH3.ClH.Pd/c1-6-16-28(17-7-1)34-36(35(29-18-8-2-9-19-29)39(38-34)30-20-10-3-11-21-30)40-33(26-27-37-40)41(31-22-12-4-13-23-31)32-24-14-5-15-25-32;;;/h1-3,6-11,16-21,26-27,31-32,36H,4-5,12-15,22-25H2;1H3;1H;/q+1;-1;;+2. The zero-order valence-corrected chi connectivity index (χ0v) is 28.9. The Morgan fingerprint density at radius 3 is 1.70 bits per heavy atom. The number of aromatic nitrogens is 2. The van der Waals surface area contributed by atoms with E-state index in [2.05, 4.69) is 140 Å². The molecule has 0 saturated heterocycles. The normalized spacial score (nSPS) is 19.3. The molecule has 7 heteroatoms. The molecule has 2 heterocycles. The molecule has 44 heavy (non-hydrogen) atoms. The van der Waals surface area contributed by atoms with Crippen molar-refractivity contribution in [1.29, 1.82) is 0 Å². The van der Waals surface area contributed by atoms with Crippen LogP contribution in [0.1, 0.15) is 81.4 Å². The molecule has 1 unspecified atom stereocenters. The second-order valence-electron chi connectivity index (χ2n) is 11.9. The van der Waals surface area contributed by atoms with Gasteiger partial charge in [-0.1, -0.05) is 79.6 Å². The molecule has 0 spiro atoms. The summed E-state index contributed by atoms with van der Waals surface area (Å²) in [6.45, 7) is 0. The average molecular weight is 718 g/mol. The molecule has 7 rings (SSSR count). The molecule has 232 valence electrons. The molecule has 2 saturated carbocycles. The van der Waals surface area contributed by atoms with Crippen molar-refractivity contribution < 1.29 is 22.9 Å². The fourth-order valence-corrected chi connectivity index (χ4v) is 11.8. The van der Waals surface area contributed by atoms with Gasteiger partial charge in [-0.05, 0) is 68.2 Å². The van der Waals surface area contributed by atoms with Gasteiger partial charge < -0.3 is 7.43 Å². The summed E-state index contributed by atoms with van der Waals surface area (Å²) >= 11 is 2.22. The Balaban J connectivity index is 0.00000126.